The van der Waals surface area contributed by atoms with E-state index in [1.165, 1.54) is 12.1 Å². The molecule has 1 heterocycles. The summed E-state index contributed by atoms with van der Waals surface area (Å²) in [6.07, 6.45) is -3.34. The molecule has 118 valence electrons. The highest BCUT2D eigenvalue weighted by Crippen LogP contribution is 2.39. The maximum atomic E-state index is 13.1. The van der Waals surface area contributed by atoms with Crippen molar-refractivity contribution in [2.45, 2.75) is 39.2 Å². The van der Waals surface area contributed by atoms with Crippen molar-refractivity contribution in [2.75, 3.05) is 18.0 Å². The average Bonchev–Trinajstić information content (AvgIpc) is 2.86. The molecule has 1 atom stereocenters. The molecule has 1 unspecified atom stereocenters. The van der Waals surface area contributed by atoms with Crippen molar-refractivity contribution >= 4 is 17.3 Å². The van der Waals surface area contributed by atoms with E-state index in [0.29, 0.717) is 11.6 Å². The van der Waals surface area contributed by atoms with Gasteiger partial charge in [0.05, 0.1) is 5.56 Å². The summed E-state index contributed by atoms with van der Waals surface area (Å²) in [5.74, 6) is 0.374. The van der Waals surface area contributed by atoms with Gasteiger partial charge in [-0.1, -0.05) is 26.8 Å². The molecule has 0 bridgehead atoms. The van der Waals surface area contributed by atoms with E-state index in [1.54, 1.807) is 6.07 Å². The number of halogens is 4. The normalized spacial score (nSPS) is 20.1. The van der Waals surface area contributed by atoms with E-state index in [-0.39, 0.29) is 16.9 Å². The molecule has 0 N–H and O–H groups in total. The molecule has 5 heteroatoms. The Morgan fingerprint density at radius 2 is 1.90 bits per heavy atom. The van der Waals surface area contributed by atoms with Crippen molar-refractivity contribution in [1.29, 1.82) is 0 Å². The standard InChI is InChI=1S/C16H21ClF3N/c1-15(2,3)12-6-7-21(10-12)13-5-4-11(9-17)14(8-13)16(18,19)20/h4-5,8,12H,6-7,9-10H2,1-3H3. The van der Waals surface area contributed by atoms with Gasteiger partial charge in [-0.05, 0) is 35.4 Å². The molecule has 1 aromatic rings. The molecular formula is C16H21ClF3N. The first-order valence-electron chi connectivity index (χ1n) is 7.14. The zero-order valence-corrected chi connectivity index (χ0v) is 13.4. The quantitative estimate of drug-likeness (QED) is 0.667. The van der Waals surface area contributed by atoms with E-state index < -0.39 is 11.7 Å². The number of nitrogens with zero attached hydrogens (tertiary/aromatic N) is 1. The minimum atomic E-state index is -4.36. The molecule has 1 fully saturated rings. The highest BCUT2D eigenvalue weighted by Gasteiger charge is 2.35. The van der Waals surface area contributed by atoms with Gasteiger partial charge in [0.15, 0.2) is 0 Å². The molecule has 1 aliphatic rings. The number of hydrogen-bond donors (Lipinski definition) is 0. The third kappa shape index (κ3) is 3.65. The third-order valence-corrected chi connectivity index (χ3v) is 4.61. The van der Waals surface area contributed by atoms with Gasteiger partial charge in [-0.2, -0.15) is 13.2 Å². The fourth-order valence-corrected chi connectivity index (χ4v) is 3.08. The van der Waals surface area contributed by atoms with Gasteiger partial charge >= 0.3 is 6.18 Å². The minimum Gasteiger partial charge on any atom is -0.371 e. The second kappa shape index (κ2) is 5.71. The zero-order chi connectivity index (χ0) is 15.8. The average molecular weight is 320 g/mol. The molecule has 2 rings (SSSR count). The van der Waals surface area contributed by atoms with Crippen LogP contribution in [0.25, 0.3) is 0 Å². The molecule has 1 saturated heterocycles. The van der Waals surface area contributed by atoms with Gasteiger partial charge in [0.1, 0.15) is 0 Å². The van der Waals surface area contributed by atoms with Crippen molar-refractivity contribution in [3.05, 3.63) is 29.3 Å². The maximum absolute atomic E-state index is 13.1. The number of hydrogen-bond acceptors (Lipinski definition) is 1. The number of anilines is 1. The molecule has 0 aliphatic carbocycles. The Balaban J connectivity index is 2.26. The Labute approximate surface area is 129 Å². The molecule has 1 aliphatic heterocycles. The summed E-state index contributed by atoms with van der Waals surface area (Å²) in [6, 6.07) is 4.48. The largest absolute Gasteiger partial charge is 0.416 e. The molecule has 21 heavy (non-hydrogen) atoms. The van der Waals surface area contributed by atoms with Crippen LogP contribution in [-0.2, 0) is 12.1 Å². The Morgan fingerprint density at radius 3 is 2.38 bits per heavy atom. The Hall–Kier alpha value is -0.900. The van der Waals surface area contributed by atoms with Gasteiger partial charge in [-0.25, -0.2) is 0 Å². The third-order valence-electron chi connectivity index (χ3n) is 4.32. The molecule has 1 aromatic carbocycles. The van der Waals surface area contributed by atoms with Crippen LogP contribution in [0.4, 0.5) is 18.9 Å². The molecule has 0 spiro atoms. The summed E-state index contributed by atoms with van der Waals surface area (Å²) in [6.45, 7) is 8.15. The summed E-state index contributed by atoms with van der Waals surface area (Å²) in [5.41, 5.74) is 0.342. The molecule has 1 nitrogen and oxygen atoms in total. The predicted octanol–water partition coefficient (Wildman–Crippen LogP) is 5.32. The van der Waals surface area contributed by atoms with Crippen LogP contribution in [0.5, 0.6) is 0 Å². The summed E-state index contributed by atoms with van der Waals surface area (Å²) in [5, 5.41) is 0. The lowest BCUT2D eigenvalue weighted by molar-refractivity contribution is -0.138. The van der Waals surface area contributed by atoms with Crippen molar-refractivity contribution in [1.82, 2.24) is 0 Å². The van der Waals surface area contributed by atoms with E-state index in [9.17, 15) is 13.2 Å². The van der Waals surface area contributed by atoms with Crippen LogP contribution in [0.1, 0.15) is 38.3 Å². The lowest BCUT2D eigenvalue weighted by atomic mass is 9.80. The first-order valence-corrected chi connectivity index (χ1v) is 7.67. The van der Waals surface area contributed by atoms with E-state index in [2.05, 4.69) is 20.8 Å². The van der Waals surface area contributed by atoms with Gasteiger partial charge in [-0.15, -0.1) is 11.6 Å². The molecule has 0 saturated carbocycles. The molecule has 0 radical (unpaired) electrons. The topological polar surface area (TPSA) is 3.24 Å². The second-order valence-electron chi connectivity index (χ2n) is 6.77. The molecule has 0 amide bonds. The summed E-state index contributed by atoms with van der Waals surface area (Å²) >= 11 is 5.62. The van der Waals surface area contributed by atoms with Crippen molar-refractivity contribution in [2.24, 2.45) is 11.3 Å². The van der Waals surface area contributed by atoms with Gasteiger partial charge in [0.25, 0.3) is 0 Å². The van der Waals surface area contributed by atoms with Crippen LogP contribution in [0.3, 0.4) is 0 Å². The summed E-state index contributed by atoms with van der Waals surface area (Å²) in [4.78, 5) is 2.04. The maximum Gasteiger partial charge on any atom is 0.416 e. The lowest BCUT2D eigenvalue weighted by Gasteiger charge is -2.28. The van der Waals surface area contributed by atoms with Crippen molar-refractivity contribution < 1.29 is 13.2 Å². The number of rotatable bonds is 2. The van der Waals surface area contributed by atoms with E-state index in [4.69, 9.17) is 11.6 Å². The van der Waals surface area contributed by atoms with Gasteiger partial charge in [0.2, 0.25) is 0 Å². The fraction of sp³-hybridized carbons (Fsp3) is 0.625. The molecular weight excluding hydrogens is 299 g/mol. The zero-order valence-electron chi connectivity index (χ0n) is 12.6. The van der Waals surface area contributed by atoms with Crippen LogP contribution in [0, 0.1) is 11.3 Å². The van der Waals surface area contributed by atoms with Crippen LogP contribution in [0.2, 0.25) is 0 Å². The smallest absolute Gasteiger partial charge is 0.371 e. The van der Waals surface area contributed by atoms with Crippen LogP contribution < -0.4 is 4.90 Å². The van der Waals surface area contributed by atoms with Gasteiger partial charge < -0.3 is 4.90 Å². The monoisotopic (exact) mass is 319 g/mol. The number of benzene rings is 1. The van der Waals surface area contributed by atoms with E-state index in [0.717, 1.165) is 19.5 Å². The summed E-state index contributed by atoms with van der Waals surface area (Å²) < 4.78 is 39.3. The Morgan fingerprint density at radius 1 is 1.24 bits per heavy atom. The lowest BCUT2D eigenvalue weighted by Crippen LogP contribution is -2.26. The predicted molar refractivity (Wildman–Crippen MR) is 80.8 cm³/mol. The second-order valence-corrected chi connectivity index (χ2v) is 7.04. The first-order chi connectivity index (χ1) is 9.63. The molecule has 0 aromatic heterocycles. The van der Waals surface area contributed by atoms with Crippen LogP contribution >= 0.6 is 11.6 Å². The van der Waals surface area contributed by atoms with Crippen molar-refractivity contribution in [3.63, 3.8) is 0 Å². The van der Waals surface area contributed by atoms with E-state index >= 15 is 0 Å². The van der Waals surface area contributed by atoms with Gasteiger partial charge in [0, 0.05) is 24.7 Å². The van der Waals surface area contributed by atoms with Crippen LogP contribution in [-0.4, -0.2) is 13.1 Å². The fourth-order valence-electron chi connectivity index (χ4n) is 2.84. The highest BCUT2D eigenvalue weighted by atomic mass is 35.5. The Kier molecular flexibility index (Phi) is 4.48. The minimum absolute atomic E-state index is 0.125. The van der Waals surface area contributed by atoms with Crippen LogP contribution in [0.15, 0.2) is 18.2 Å². The van der Waals surface area contributed by atoms with Gasteiger partial charge in [-0.3, -0.25) is 0 Å². The highest BCUT2D eigenvalue weighted by molar-refractivity contribution is 6.17. The van der Waals surface area contributed by atoms with Crippen molar-refractivity contribution in [3.8, 4) is 0 Å². The SMILES string of the molecule is CC(C)(C)C1CCN(c2ccc(CCl)c(C(F)(F)F)c2)C1. The first kappa shape index (κ1) is 16.5. The Bertz CT molecular complexity index is 505. The number of alkyl halides is 4. The van der Waals surface area contributed by atoms with E-state index in [1.807, 2.05) is 4.90 Å². The summed E-state index contributed by atoms with van der Waals surface area (Å²) in [7, 11) is 0.